The van der Waals surface area contributed by atoms with Crippen molar-refractivity contribution in [1.82, 2.24) is 4.98 Å². The van der Waals surface area contributed by atoms with Gasteiger partial charge in [0, 0.05) is 6.20 Å². The lowest BCUT2D eigenvalue weighted by atomic mass is 10.0. The van der Waals surface area contributed by atoms with Crippen molar-refractivity contribution in [2.75, 3.05) is 6.61 Å². The van der Waals surface area contributed by atoms with Gasteiger partial charge in [-0.2, -0.15) is 0 Å². The molecule has 0 saturated heterocycles. The fourth-order valence-electron chi connectivity index (χ4n) is 1.54. The topological polar surface area (TPSA) is 65.5 Å². The maximum atomic E-state index is 12.3. The molecule has 0 amide bonds. The van der Waals surface area contributed by atoms with Crippen LogP contribution in [-0.2, 0) is 19.1 Å². The van der Waals surface area contributed by atoms with Crippen molar-refractivity contribution in [3.8, 4) is 0 Å². The van der Waals surface area contributed by atoms with Gasteiger partial charge >= 0.3 is 11.9 Å². The lowest BCUT2D eigenvalue weighted by Gasteiger charge is -2.23. The van der Waals surface area contributed by atoms with E-state index < -0.39 is 23.5 Å². The summed E-state index contributed by atoms with van der Waals surface area (Å²) in [5.41, 5.74) is -0.732. The van der Waals surface area contributed by atoms with Gasteiger partial charge in [-0.1, -0.05) is 23.2 Å². The highest BCUT2D eigenvalue weighted by molar-refractivity contribution is 6.42. The summed E-state index contributed by atoms with van der Waals surface area (Å²) in [5, 5.41) is 0.225. The zero-order chi connectivity index (χ0) is 16.2. The molecule has 0 aliphatic rings. The Labute approximate surface area is 133 Å². The second kappa shape index (κ2) is 7.09. The molecule has 0 saturated carbocycles. The van der Waals surface area contributed by atoms with E-state index in [1.165, 1.54) is 12.3 Å². The minimum Gasteiger partial charge on any atom is -0.465 e. The highest BCUT2D eigenvalue weighted by Gasteiger charge is 2.37. The van der Waals surface area contributed by atoms with Crippen molar-refractivity contribution in [1.29, 1.82) is 0 Å². The van der Waals surface area contributed by atoms with Gasteiger partial charge in [0.25, 0.3) is 0 Å². The molecular formula is C14H17Cl2NO4. The minimum absolute atomic E-state index is 0.0249. The summed E-state index contributed by atoms with van der Waals surface area (Å²) < 4.78 is 10.1. The zero-order valence-corrected chi connectivity index (χ0v) is 13.8. The van der Waals surface area contributed by atoms with Gasteiger partial charge in [0.1, 0.15) is 5.60 Å². The molecule has 1 aromatic heterocycles. The summed E-state index contributed by atoms with van der Waals surface area (Å²) in [6, 6.07) is 1.46. The van der Waals surface area contributed by atoms with Crippen LogP contribution in [0, 0.1) is 0 Å². The highest BCUT2D eigenvalue weighted by Crippen LogP contribution is 2.31. The minimum atomic E-state index is -1.37. The van der Waals surface area contributed by atoms with Gasteiger partial charge in [-0.25, -0.2) is 0 Å². The van der Waals surface area contributed by atoms with Gasteiger partial charge in [-0.3, -0.25) is 14.6 Å². The summed E-state index contributed by atoms with van der Waals surface area (Å²) in [6.07, 6.45) is 1.36. The van der Waals surface area contributed by atoms with Gasteiger partial charge in [-0.05, 0) is 33.8 Å². The number of hydrogen-bond donors (Lipinski definition) is 0. The number of pyridine rings is 1. The van der Waals surface area contributed by atoms with E-state index >= 15 is 0 Å². The van der Waals surface area contributed by atoms with Crippen molar-refractivity contribution >= 4 is 35.1 Å². The highest BCUT2D eigenvalue weighted by atomic mass is 35.5. The van der Waals surface area contributed by atoms with Gasteiger partial charge in [-0.15, -0.1) is 0 Å². The summed E-state index contributed by atoms with van der Waals surface area (Å²) in [6.45, 7) is 6.84. The molecule has 5 nitrogen and oxygen atoms in total. The fourth-order valence-corrected chi connectivity index (χ4v) is 1.92. The molecule has 1 aromatic rings. The molecule has 0 aliphatic carbocycles. The number of aromatic nitrogens is 1. The molecule has 0 radical (unpaired) electrons. The molecule has 0 N–H and O–H groups in total. The maximum Gasteiger partial charge on any atom is 0.327 e. The first-order valence-corrected chi connectivity index (χ1v) is 7.12. The Morgan fingerprint density at radius 1 is 1.29 bits per heavy atom. The summed E-state index contributed by atoms with van der Waals surface area (Å²) in [5.74, 6) is -2.92. The van der Waals surface area contributed by atoms with Crippen LogP contribution in [0.15, 0.2) is 12.3 Å². The number of hydrogen-bond acceptors (Lipinski definition) is 5. The monoisotopic (exact) mass is 333 g/mol. The predicted molar refractivity (Wildman–Crippen MR) is 79.5 cm³/mol. The Hall–Kier alpha value is -1.33. The van der Waals surface area contributed by atoms with Crippen molar-refractivity contribution in [2.45, 2.75) is 39.2 Å². The van der Waals surface area contributed by atoms with E-state index in [0.717, 1.165) is 0 Å². The second-order valence-corrected chi connectivity index (χ2v) is 6.00. The number of nitrogens with zero attached hydrogens (tertiary/aromatic N) is 1. The van der Waals surface area contributed by atoms with E-state index in [-0.39, 0.29) is 22.3 Å². The molecule has 116 valence electrons. The van der Waals surface area contributed by atoms with Crippen molar-refractivity contribution in [3.05, 3.63) is 28.0 Å². The van der Waals surface area contributed by atoms with Crippen LogP contribution >= 0.6 is 23.2 Å². The van der Waals surface area contributed by atoms with E-state index in [1.807, 2.05) is 0 Å². The third-order valence-corrected chi connectivity index (χ3v) is 3.12. The number of halogens is 2. The SMILES string of the molecule is CCOC(=O)C(C(=O)OC(C)(C)C)c1nccc(Cl)c1Cl. The first-order chi connectivity index (χ1) is 9.67. The molecule has 0 aliphatic heterocycles. The number of rotatable bonds is 4. The van der Waals surface area contributed by atoms with Crippen LogP contribution in [0.2, 0.25) is 10.0 Å². The van der Waals surface area contributed by atoms with Crippen LogP contribution in [0.25, 0.3) is 0 Å². The summed E-state index contributed by atoms with van der Waals surface area (Å²) >= 11 is 11.9. The van der Waals surface area contributed by atoms with Gasteiger partial charge in [0.15, 0.2) is 5.92 Å². The van der Waals surface area contributed by atoms with E-state index in [4.69, 9.17) is 32.7 Å². The molecule has 1 unspecified atom stereocenters. The van der Waals surface area contributed by atoms with E-state index in [1.54, 1.807) is 27.7 Å². The molecule has 1 heterocycles. The van der Waals surface area contributed by atoms with Crippen LogP contribution in [0.4, 0.5) is 0 Å². The van der Waals surface area contributed by atoms with Gasteiger partial charge in [0.2, 0.25) is 0 Å². The molecule has 0 bridgehead atoms. The normalized spacial score (nSPS) is 12.7. The van der Waals surface area contributed by atoms with Crippen molar-refractivity contribution in [3.63, 3.8) is 0 Å². The Morgan fingerprint density at radius 3 is 2.43 bits per heavy atom. The molecule has 0 fully saturated rings. The van der Waals surface area contributed by atoms with E-state index in [0.29, 0.717) is 0 Å². The average molecular weight is 334 g/mol. The molecule has 7 heteroatoms. The molecule has 0 spiro atoms. The summed E-state index contributed by atoms with van der Waals surface area (Å²) in [4.78, 5) is 28.3. The van der Waals surface area contributed by atoms with Crippen LogP contribution < -0.4 is 0 Å². The number of carbonyl (C=O) groups excluding carboxylic acids is 2. The van der Waals surface area contributed by atoms with E-state index in [2.05, 4.69) is 4.98 Å². The van der Waals surface area contributed by atoms with Crippen LogP contribution in [-0.4, -0.2) is 29.1 Å². The first kappa shape index (κ1) is 17.7. The van der Waals surface area contributed by atoms with Crippen molar-refractivity contribution in [2.24, 2.45) is 0 Å². The average Bonchev–Trinajstić information content (AvgIpc) is 2.33. The first-order valence-electron chi connectivity index (χ1n) is 6.36. The smallest absolute Gasteiger partial charge is 0.327 e. The Bertz CT molecular complexity index is 540. The van der Waals surface area contributed by atoms with Gasteiger partial charge < -0.3 is 9.47 Å². The third-order valence-electron chi connectivity index (χ3n) is 2.31. The molecule has 21 heavy (non-hydrogen) atoms. The lowest BCUT2D eigenvalue weighted by molar-refractivity contribution is -0.164. The van der Waals surface area contributed by atoms with Crippen molar-refractivity contribution < 1.29 is 19.1 Å². The number of ether oxygens (including phenoxy) is 2. The standard InChI is InChI=1S/C14H17Cl2NO4/c1-5-20-12(18)9(13(19)21-14(2,3)4)11-10(16)8(15)6-7-17-11/h6-7,9H,5H2,1-4H3. The largest absolute Gasteiger partial charge is 0.465 e. The third kappa shape index (κ3) is 4.86. The van der Waals surface area contributed by atoms with Crippen LogP contribution in [0.3, 0.4) is 0 Å². The Kier molecular flexibility index (Phi) is 5.98. The predicted octanol–water partition coefficient (Wildman–Crippen LogP) is 3.38. The quantitative estimate of drug-likeness (QED) is 0.624. The number of carbonyl (C=O) groups is 2. The van der Waals surface area contributed by atoms with Crippen LogP contribution in [0.1, 0.15) is 39.3 Å². The Balaban J connectivity index is 3.23. The van der Waals surface area contributed by atoms with Crippen LogP contribution in [0.5, 0.6) is 0 Å². The molecule has 1 rings (SSSR count). The fraction of sp³-hybridized carbons (Fsp3) is 0.500. The molecule has 1 atom stereocenters. The number of esters is 2. The zero-order valence-electron chi connectivity index (χ0n) is 12.3. The molecule has 0 aromatic carbocycles. The molecular weight excluding hydrogens is 317 g/mol. The van der Waals surface area contributed by atoms with E-state index in [9.17, 15) is 9.59 Å². The summed E-state index contributed by atoms with van der Waals surface area (Å²) in [7, 11) is 0. The lowest BCUT2D eigenvalue weighted by Crippen LogP contribution is -2.33. The van der Waals surface area contributed by atoms with Gasteiger partial charge in [0.05, 0.1) is 22.3 Å². The second-order valence-electron chi connectivity index (χ2n) is 5.21. The maximum absolute atomic E-state index is 12.3. The Morgan fingerprint density at radius 2 is 1.90 bits per heavy atom.